The monoisotopic (exact) mass is 254 g/mol. The summed E-state index contributed by atoms with van der Waals surface area (Å²) >= 11 is 3.41. The van der Waals surface area contributed by atoms with Gasteiger partial charge < -0.3 is 9.32 Å². The molecule has 0 saturated carbocycles. The Morgan fingerprint density at radius 3 is 3.14 bits per heavy atom. The molecule has 74 valence electrons. The van der Waals surface area contributed by atoms with Crippen molar-refractivity contribution in [3.63, 3.8) is 0 Å². The summed E-state index contributed by atoms with van der Waals surface area (Å²) in [5.41, 5.74) is 0.886. The second kappa shape index (κ2) is 4.00. The highest BCUT2D eigenvalue weighted by atomic mass is 79.9. The average molecular weight is 255 g/mol. The van der Waals surface area contributed by atoms with Crippen molar-refractivity contribution in [1.82, 2.24) is 4.98 Å². The Morgan fingerprint density at radius 1 is 1.50 bits per heavy atom. The third kappa shape index (κ3) is 1.62. The van der Waals surface area contributed by atoms with Crippen LogP contribution in [0.2, 0.25) is 0 Å². The van der Waals surface area contributed by atoms with Crippen molar-refractivity contribution in [1.29, 1.82) is 0 Å². The Labute approximate surface area is 90.8 Å². The summed E-state index contributed by atoms with van der Waals surface area (Å²) in [4.78, 5) is 6.45. The standard InChI is InChI=1S/C10H11BrN2O/c1-13(6-4-11)10-8-3-7-14-9(8)2-5-12-10/h2-3,5,7H,4,6H2,1H3. The molecule has 4 heteroatoms. The molecule has 2 heterocycles. The summed E-state index contributed by atoms with van der Waals surface area (Å²) in [5, 5.41) is 2.00. The average Bonchev–Trinajstić information content (AvgIpc) is 2.65. The zero-order chi connectivity index (χ0) is 9.97. The number of fused-ring (bicyclic) bond motifs is 1. The van der Waals surface area contributed by atoms with E-state index in [4.69, 9.17) is 4.42 Å². The van der Waals surface area contributed by atoms with E-state index in [1.807, 2.05) is 19.2 Å². The molecule has 0 bridgehead atoms. The first-order chi connectivity index (χ1) is 6.83. The molecule has 0 atom stereocenters. The van der Waals surface area contributed by atoms with E-state index in [-0.39, 0.29) is 0 Å². The number of halogens is 1. The molecule has 0 aliphatic carbocycles. The quantitative estimate of drug-likeness (QED) is 0.789. The van der Waals surface area contributed by atoms with E-state index < -0.39 is 0 Å². The number of nitrogens with zero attached hydrogens (tertiary/aromatic N) is 2. The fourth-order valence-electron chi connectivity index (χ4n) is 1.42. The number of anilines is 1. The maximum Gasteiger partial charge on any atom is 0.139 e. The normalized spacial score (nSPS) is 10.7. The highest BCUT2D eigenvalue weighted by Crippen LogP contribution is 2.24. The van der Waals surface area contributed by atoms with E-state index >= 15 is 0 Å². The van der Waals surface area contributed by atoms with Crippen LogP contribution >= 0.6 is 15.9 Å². The minimum absolute atomic E-state index is 0.886. The molecule has 3 nitrogen and oxygen atoms in total. The third-order valence-corrected chi connectivity index (χ3v) is 2.49. The number of furan rings is 1. The van der Waals surface area contributed by atoms with Crippen LogP contribution < -0.4 is 4.90 Å². The van der Waals surface area contributed by atoms with Crippen LogP contribution in [0.3, 0.4) is 0 Å². The van der Waals surface area contributed by atoms with E-state index in [9.17, 15) is 0 Å². The maximum absolute atomic E-state index is 5.31. The largest absolute Gasteiger partial charge is 0.464 e. The van der Waals surface area contributed by atoms with Crippen LogP contribution in [0.4, 0.5) is 5.82 Å². The Hall–Kier alpha value is -1.03. The highest BCUT2D eigenvalue weighted by molar-refractivity contribution is 9.09. The highest BCUT2D eigenvalue weighted by Gasteiger charge is 2.08. The number of aromatic nitrogens is 1. The van der Waals surface area contributed by atoms with Gasteiger partial charge in [-0.3, -0.25) is 0 Å². The van der Waals surface area contributed by atoms with Gasteiger partial charge in [0.1, 0.15) is 11.4 Å². The van der Waals surface area contributed by atoms with Gasteiger partial charge in [0.25, 0.3) is 0 Å². The van der Waals surface area contributed by atoms with Gasteiger partial charge in [-0.15, -0.1) is 0 Å². The third-order valence-electron chi connectivity index (χ3n) is 2.14. The molecule has 2 rings (SSSR count). The van der Waals surface area contributed by atoms with Gasteiger partial charge in [0.05, 0.1) is 11.6 Å². The lowest BCUT2D eigenvalue weighted by Gasteiger charge is -2.16. The minimum Gasteiger partial charge on any atom is -0.464 e. The fraction of sp³-hybridized carbons (Fsp3) is 0.300. The molecule has 0 saturated heterocycles. The van der Waals surface area contributed by atoms with Crippen LogP contribution in [0.15, 0.2) is 29.0 Å². The smallest absolute Gasteiger partial charge is 0.139 e. The first-order valence-corrected chi connectivity index (χ1v) is 5.54. The predicted molar refractivity (Wildman–Crippen MR) is 61.1 cm³/mol. The maximum atomic E-state index is 5.31. The molecular formula is C10H11BrN2O. The van der Waals surface area contributed by atoms with Crippen molar-refractivity contribution in [3.05, 3.63) is 24.6 Å². The van der Waals surface area contributed by atoms with Crippen LogP contribution in [0.25, 0.3) is 11.0 Å². The van der Waals surface area contributed by atoms with Gasteiger partial charge >= 0.3 is 0 Å². The molecular weight excluding hydrogens is 244 g/mol. The van der Waals surface area contributed by atoms with Crippen LogP contribution in [-0.4, -0.2) is 23.9 Å². The molecule has 0 aromatic carbocycles. The molecule has 2 aromatic rings. The van der Waals surface area contributed by atoms with Gasteiger partial charge in [0.15, 0.2) is 0 Å². The Kier molecular flexibility index (Phi) is 2.72. The Morgan fingerprint density at radius 2 is 2.36 bits per heavy atom. The fourth-order valence-corrected chi connectivity index (χ4v) is 1.95. The first kappa shape index (κ1) is 9.52. The lowest BCUT2D eigenvalue weighted by atomic mass is 10.3. The number of hydrogen-bond donors (Lipinski definition) is 0. The van der Waals surface area contributed by atoms with Crippen molar-refractivity contribution < 1.29 is 4.42 Å². The zero-order valence-corrected chi connectivity index (χ0v) is 9.49. The minimum atomic E-state index is 0.886. The van der Waals surface area contributed by atoms with Gasteiger partial charge in [0, 0.05) is 25.1 Å². The number of rotatable bonds is 3. The molecule has 2 aromatic heterocycles. The summed E-state index contributed by atoms with van der Waals surface area (Å²) < 4.78 is 5.31. The van der Waals surface area contributed by atoms with Crippen LogP contribution in [-0.2, 0) is 0 Å². The van der Waals surface area contributed by atoms with E-state index in [1.54, 1.807) is 12.5 Å². The SMILES string of the molecule is CN(CCBr)c1nccc2occc12. The topological polar surface area (TPSA) is 29.3 Å². The molecule has 0 aliphatic rings. The first-order valence-electron chi connectivity index (χ1n) is 4.42. The second-order valence-corrected chi connectivity index (χ2v) is 3.87. The van der Waals surface area contributed by atoms with Gasteiger partial charge in [-0.25, -0.2) is 4.98 Å². The van der Waals surface area contributed by atoms with Crippen molar-refractivity contribution in [2.45, 2.75) is 0 Å². The molecule has 0 amide bonds. The Balaban J connectivity index is 2.45. The van der Waals surface area contributed by atoms with E-state index in [1.165, 1.54) is 0 Å². The second-order valence-electron chi connectivity index (χ2n) is 3.08. The van der Waals surface area contributed by atoms with Crippen molar-refractivity contribution in [3.8, 4) is 0 Å². The Bertz CT molecular complexity index is 427. The lowest BCUT2D eigenvalue weighted by Crippen LogP contribution is -2.20. The van der Waals surface area contributed by atoms with Crippen LogP contribution in [0.1, 0.15) is 0 Å². The number of pyridine rings is 1. The lowest BCUT2D eigenvalue weighted by molar-refractivity contribution is 0.615. The van der Waals surface area contributed by atoms with Crippen LogP contribution in [0.5, 0.6) is 0 Å². The molecule has 14 heavy (non-hydrogen) atoms. The molecule has 0 N–H and O–H groups in total. The summed E-state index contributed by atoms with van der Waals surface area (Å²) in [7, 11) is 2.02. The summed E-state index contributed by atoms with van der Waals surface area (Å²) in [6, 6.07) is 3.82. The molecule has 0 radical (unpaired) electrons. The molecule has 0 unspecified atom stereocenters. The van der Waals surface area contributed by atoms with Gasteiger partial charge in [-0.2, -0.15) is 0 Å². The van der Waals surface area contributed by atoms with E-state index in [0.29, 0.717) is 0 Å². The summed E-state index contributed by atoms with van der Waals surface area (Å²) in [6.07, 6.45) is 3.46. The van der Waals surface area contributed by atoms with Gasteiger partial charge in [0.2, 0.25) is 0 Å². The predicted octanol–water partition coefficient (Wildman–Crippen LogP) is 2.66. The van der Waals surface area contributed by atoms with E-state index in [0.717, 1.165) is 28.7 Å². The summed E-state index contributed by atoms with van der Waals surface area (Å²) in [5.74, 6) is 0.968. The number of hydrogen-bond acceptors (Lipinski definition) is 3. The van der Waals surface area contributed by atoms with Crippen molar-refractivity contribution >= 4 is 32.7 Å². The van der Waals surface area contributed by atoms with E-state index in [2.05, 4.69) is 25.8 Å². The summed E-state index contributed by atoms with van der Waals surface area (Å²) in [6.45, 7) is 0.928. The van der Waals surface area contributed by atoms with Gasteiger partial charge in [-0.05, 0) is 12.1 Å². The van der Waals surface area contributed by atoms with Crippen molar-refractivity contribution in [2.75, 3.05) is 23.8 Å². The molecule has 0 spiro atoms. The van der Waals surface area contributed by atoms with Crippen LogP contribution in [0, 0.1) is 0 Å². The molecule has 0 aliphatic heterocycles. The number of alkyl halides is 1. The molecule has 0 fully saturated rings. The zero-order valence-electron chi connectivity index (χ0n) is 7.90. The van der Waals surface area contributed by atoms with Crippen molar-refractivity contribution in [2.24, 2.45) is 0 Å². The van der Waals surface area contributed by atoms with Gasteiger partial charge in [-0.1, -0.05) is 15.9 Å².